The average molecular weight is 310 g/mol. The highest BCUT2D eigenvalue weighted by Crippen LogP contribution is 2.25. The lowest BCUT2D eigenvalue weighted by Crippen LogP contribution is -2.32. The van der Waals surface area contributed by atoms with Gasteiger partial charge in [-0.25, -0.2) is 8.78 Å². The lowest BCUT2D eigenvalue weighted by molar-refractivity contribution is -0.132. The lowest BCUT2D eigenvalue weighted by atomic mass is 9.93. The second kappa shape index (κ2) is 7.68. The van der Waals surface area contributed by atoms with E-state index < -0.39 is 17.7 Å². The molecule has 0 spiro atoms. The van der Waals surface area contributed by atoms with Crippen molar-refractivity contribution in [1.29, 1.82) is 0 Å². The van der Waals surface area contributed by atoms with Gasteiger partial charge in [0, 0.05) is 19.0 Å². The summed E-state index contributed by atoms with van der Waals surface area (Å²) in [7, 11) is 1.65. The number of rotatable bonds is 5. The molecular formula is C17H24F2N2O. The number of carbonyl (C=O) groups is 1. The molecular weight excluding hydrogens is 286 g/mol. The minimum atomic E-state index is -0.487. The molecule has 1 N–H and O–H groups in total. The summed E-state index contributed by atoms with van der Waals surface area (Å²) in [4.78, 5) is 13.8. The van der Waals surface area contributed by atoms with Gasteiger partial charge in [0.05, 0.1) is 6.04 Å². The van der Waals surface area contributed by atoms with Crippen LogP contribution in [0.15, 0.2) is 18.2 Å². The third-order valence-electron chi connectivity index (χ3n) is 4.61. The number of nitrogens with zero attached hydrogens (tertiary/aromatic N) is 1. The summed E-state index contributed by atoms with van der Waals surface area (Å²) in [5.74, 6) is -0.403. The molecule has 1 atom stereocenters. The zero-order chi connectivity index (χ0) is 16.1. The summed E-state index contributed by atoms with van der Waals surface area (Å²) in [5.41, 5.74) is 0.220. The number of hydrogen-bond donors (Lipinski definition) is 1. The Kier molecular flexibility index (Phi) is 5.89. The molecule has 0 aliphatic carbocycles. The first kappa shape index (κ1) is 16.9. The monoisotopic (exact) mass is 310 g/mol. The molecule has 1 aromatic carbocycles. The van der Waals surface area contributed by atoms with Crippen molar-refractivity contribution in [1.82, 2.24) is 10.2 Å². The Hall–Kier alpha value is -1.49. The molecule has 1 amide bonds. The van der Waals surface area contributed by atoms with Crippen LogP contribution in [0.4, 0.5) is 8.78 Å². The van der Waals surface area contributed by atoms with E-state index in [-0.39, 0.29) is 11.5 Å². The standard InChI is InChI=1S/C17H24F2N2O/c1-12(15-11-14(18)4-5-16(15)19)21(2)17(22)6-3-13-7-9-20-10-8-13/h4-5,11-13,20H,3,6-10H2,1-2H3. The Morgan fingerprint density at radius 1 is 1.36 bits per heavy atom. The quantitative estimate of drug-likeness (QED) is 0.905. The summed E-state index contributed by atoms with van der Waals surface area (Å²) in [6, 6.07) is 2.88. The topological polar surface area (TPSA) is 32.3 Å². The first-order valence-corrected chi connectivity index (χ1v) is 7.90. The van der Waals surface area contributed by atoms with Crippen LogP contribution in [0, 0.1) is 17.6 Å². The smallest absolute Gasteiger partial charge is 0.222 e. The van der Waals surface area contributed by atoms with E-state index in [9.17, 15) is 13.6 Å². The first-order valence-electron chi connectivity index (χ1n) is 7.90. The highest BCUT2D eigenvalue weighted by molar-refractivity contribution is 5.76. The number of hydrogen-bond acceptors (Lipinski definition) is 2. The van der Waals surface area contributed by atoms with E-state index in [0.717, 1.165) is 50.6 Å². The molecule has 2 rings (SSSR count). The molecule has 0 bridgehead atoms. The Morgan fingerprint density at radius 3 is 2.73 bits per heavy atom. The second-order valence-electron chi connectivity index (χ2n) is 6.08. The minimum absolute atomic E-state index is 0.0188. The van der Waals surface area contributed by atoms with Crippen LogP contribution in [0.3, 0.4) is 0 Å². The molecule has 5 heteroatoms. The Bertz CT molecular complexity index is 515. The molecule has 0 saturated carbocycles. The maximum absolute atomic E-state index is 13.8. The van der Waals surface area contributed by atoms with Gasteiger partial charge in [0.1, 0.15) is 11.6 Å². The van der Waals surface area contributed by atoms with Crippen molar-refractivity contribution < 1.29 is 13.6 Å². The fourth-order valence-corrected chi connectivity index (χ4v) is 2.93. The molecule has 1 aromatic rings. The van der Waals surface area contributed by atoms with Crippen molar-refractivity contribution in [2.24, 2.45) is 5.92 Å². The first-order chi connectivity index (χ1) is 10.5. The Morgan fingerprint density at radius 2 is 2.05 bits per heavy atom. The summed E-state index contributed by atoms with van der Waals surface area (Å²) < 4.78 is 27.1. The Labute approximate surface area is 130 Å². The van der Waals surface area contributed by atoms with Gasteiger partial charge >= 0.3 is 0 Å². The largest absolute Gasteiger partial charge is 0.339 e. The Balaban J connectivity index is 1.92. The maximum atomic E-state index is 13.8. The third-order valence-corrected chi connectivity index (χ3v) is 4.61. The summed E-state index contributed by atoms with van der Waals surface area (Å²) in [6.07, 6.45) is 3.53. The summed E-state index contributed by atoms with van der Waals surface area (Å²) in [5, 5.41) is 3.30. The molecule has 122 valence electrons. The van der Waals surface area contributed by atoms with Crippen molar-refractivity contribution >= 4 is 5.91 Å². The van der Waals surface area contributed by atoms with Gasteiger partial charge < -0.3 is 10.2 Å². The van der Waals surface area contributed by atoms with E-state index in [1.165, 1.54) is 4.90 Å². The molecule has 3 nitrogen and oxygen atoms in total. The van der Waals surface area contributed by atoms with Crippen LogP contribution < -0.4 is 5.32 Å². The van der Waals surface area contributed by atoms with Crippen molar-refractivity contribution in [2.45, 2.75) is 38.6 Å². The van der Waals surface area contributed by atoms with Crippen molar-refractivity contribution in [2.75, 3.05) is 20.1 Å². The van der Waals surface area contributed by atoms with Crippen LogP contribution in [0.1, 0.15) is 44.2 Å². The van der Waals surface area contributed by atoms with Gasteiger partial charge in [0.15, 0.2) is 0 Å². The molecule has 0 aromatic heterocycles. The van der Waals surface area contributed by atoms with Gasteiger partial charge in [0.2, 0.25) is 5.91 Å². The fraction of sp³-hybridized carbons (Fsp3) is 0.588. The highest BCUT2D eigenvalue weighted by atomic mass is 19.1. The van der Waals surface area contributed by atoms with Gasteiger partial charge in [-0.3, -0.25) is 4.79 Å². The zero-order valence-corrected chi connectivity index (χ0v) is 13.2. The molecule has 22 heavy (non-hydrogen) atoms. The maximum Gasteiger partial charge on any atom is 0.222 e. The third kappa shape index (κ3) is 4.26. The number of nitrogens with one attached hydrogen (secondary N) is 1. The van der Waals surface area contributed by atoms with Gasteiger partial charge in [-0.2, -0.15) is 0 Å². The van der Waals surface area contributed by atoms with Crippen LogP contribution in [-0.2, 0) is 4.79 Å². The second-order valence-corrected chi connectivity index (χ2v) is 6.08. The number of carbonyl (C=O) groups excluding carboxylic acids is 1. The summed E-state index contributed by atoms with van der Waals surface area (Å²) in [6.45, 7) is 3.75. The van der Waals surface area contributed by atoms with E-state index >= 15 is 0 Å². The average Bonchev–Trinajstić information content (AvgIpc) is 2.54. The predicted molar refractivity (Wildman–Crippen MR) is 82.4 cm³/mol. The number of amides is 1. The normalized spacial score (nSPS) is 17.3. The lowest BCUT2D eigenvalue weighted by Gasteiger charge is -2.27. The molecule has 1 unspecified atom stereocenters. The van der Waals surface area contributed by atoms with Gasteiger partial charge in [0.25, 0.3) is 0 Å². The molecule has 1 aliphatic heterocycles. The minimum Gasteiger partial charge on any atom is -0.339 e. The molecule has 1 heterocycles. The highest BCUT2D eigenvalue weighted by Gasteiger charge is 2.22. The fourth-order valence-electron chi connectivity index (χ4n) is 2.93. The zero-order valence-electron chi connectivity index (χ0n) is 13.2. The van der Waals surface area contributed by atoms with Crippen LogP contribution in [0.25, 0.3) is 0 Å². The predicted octanol–water partition coefficient (Wildman–Crippen LogP) is 3.26. The van der Waals surface area contributed by atoms with Crippen molar-refractivity contribution in [3.8, 4) is 0 Å². The molecule has 1 fully saturated rings. The van der Waals surface area contributed by atoms with Gasteiger partial charge in [-0.15, -0.1) is 0 Å². The van der Waals surface area contributed by atoms with Gasteiger partial charge in [-0.1, -0.05) is 0 Å². The van der Waals surface area contributed by atoms with Crippen molar-refractivity contribution in [3.05, 3.63) is 35.4 Å². The molecule has 1 aliphatic rings. The number of halogens is 2. The van der Waals surface area contributed by atoms with E-state index in [4.69, 9.17) is 0 Å². The summed E-state index contributed by atoms with van der Waals surface area (Å²) >= 11 is 0. The molecule has 1 saturated heterocycles. The van der Waals surface area contributed by atoms with E-state index in [0.29, 0.717) is 12.3 Å². The van der Waals surface area contributed by atoms with Gasteiger partial charge in [-0.05, 0) is 63.4 Å². The number of benzene rings is 1. The van der Waals surface area contributed by atoms with E-state index in [2.05, 4.69) is 5.32 Å². The molecule has 0 radical (unpaired) electrons. The van der Waals surface area contributed by atoms with E-state index in [1.807, 2.05) is 0 Å². The van der Waals surface area contributed by atoms with Crippen molar-refractivity contribution in [3.63, 3.8) is 0 Å². The van der Waals surface area contributed by atoms with E-state index in [1.54, 1.807) is 14.0 Å². The van der Waals surface area contributed by atoms with Crippen LogP contribution in [-0.4, -0.2) is 30.9 Å². The van der Waals surface area contributed by atoms with Crippen LogP contribution in [0.2, 0.25) is 0 Å². The SMILES string of the molecule is CC(c1cc(F)ccc1F)N(C)C(=O)CCC1CCNCC1. The number of piperidine rings is 1. The van der Waals surface area contributed by atoms with Crippen LogP contribution in [0.5, 0.6) is 0 Å². The van der Waals surface area contributed by atoms with Crippen LogP contribution >= 0.6 is 0 Å².